The number of hydrogen-bond acceptors (Lipinski definition) is 3. The van der Waals surface area contributed by atoms with Crippen molar-refractivity contribution in [2.75, 3.05) is 7.05 Å². The summed E-state index contributed by atoms with van der Waals surface area (Å²) in [5, 5.41) is 5.34. The largest absolute Gasteiger partial charge is 0.480 e. The highest BCUT2D eigenvalue weighted by Crippen LogP contribution is 2.26. The monoisotopic (exact) mass is 384 g/mol. The number of carbonyl (C=O) groups is 2. The Labute approximate surface area is 146 Å². The minimum atomic E-state index is -0.701. The Morgan fingerprint density at radius 1 is 1.22 bits per heavy atom. The SMILES string of the molecule is CNC(=O)C(CC(C)C)NC(=O)C(C)Oc1ccc(C)cc1Br. The van der Waals surface area contributed by atoms with Gasteiger partial charge in [-0.1, -0.05) is 19.9 Å². The summed E-state index contributed by atoms with van der Waals surface area (Å²) in [5.74, 6) is 0.376. The average molecular weight is 385 g/mol. The highest BCUT2D eigenvalue weighted by Gasteiger charge is 2.24. The number of amides is 2. The van der Waals surface area contributed by atoms with E-state index in [0.717, 1.165) is 10.0 Å². The van der Waals surface area contributed by atoms with Gasteiger partial charge in [-0.05, 0) is 59.8 Å². The fourth-order valence-corrected chi connectivity index (χ4v) is 2.70. The fourth-order valence-electron chi connectivity index (χ4n) is 2.11. The van der Waals surface area contributed by atoms with Crippen LogP contribution in [-0.2, 0) is 9.59 Å². The van der Waals surface area contributed by atoms with Crippen LogP contribution in [-0.4, -0.2) is 31.0 Å². The molecule has 128 valence electrons. The van der Waals surface area contributed by atoms with Crippen LogP contribution in [0.15, 0.2) is 22.7 Å². The van der Waals surface area contributed by atoms with Crippen molar-refractivity contribution in [3.63, 3.8) is 0 Å². The van der Waals surface area contributed by atoms with Crippen LogP contribution in [0.25, 0.3) is 0 Å². The van der Waals surface area contributed by atoms with E-state index < -0.39 is 12.1 Å². The Bertz CT molecular complexity index is 561. The lowest BCUT2D eigenvalue weighted by molar-refractivity contribution is -0.132. The number of aryl methyl sites for hydroxylation is 1. The molecule has 0 fully saturated rings. The van der Waals surface area contributed by atoms with Gasteiger partial charge < -0.3 is 15.4 Å². The molecule has 5 nitrogen and oxygen atoms in total. The maximum absolute atomic E-state index is 12.3. The van der Waals surface area contributed by atoms with Gasteiger partial charge in [0.2, 0.25) is 5.91 Å². The highest BCUT2D eigenvalue weighted by molar-refractivity contribution is 9.10. The summed E-state index contributed by atoms with van der Waals surface area (Å²) in [7, 11) is 1.56. The van der Waals surface area contributed by atoms with Crippen LogP contribution in [0.3, 0.4) is 0 Å². The highest BCUT2D eigenvalue weighted by atomic mass is 79.9. The molecule has 2 atom stereocenters. The van der Waals surface area contributed by atoms with Crippen LogP contribution in [0.1, 0.15) is 32.8 Å². The van der Waals surface area contributed by atoms with E-state index in [4.69, 9.17) is 4.74 Å². The fraction of sp³-hybridized carbons (Fsp3) is 0.529. The number of halogens is 1. The Kier molecular flexibility index (Phi) is 7.55. The molecule has 2 N–H and O–H groups in total. The second-order valence-electron chi connectivity index (χ2n) is 6.00. The maximum atomic E-state index is 12.3. The van der Waals surface area contributed by atoms with E-state index in [2.05, 4.69) is 26.6 Å². The topological polar surface area (TPSA) is 67.4 Å². The van der Waals surface area contributed by atoms with Gasteiger partial charge in [-0.15, -0.1) is 0 Å². The van der Waals surface area contributed by atoms with Crippen LogP contribution in [0, 0.1) is 12.8 Å². The molecule has 0 aliphatic carbocycles. The summed E-state index contributed by atoms with van der Waals surface area (Å²) in [4.78, 5) is 24.2. The minimum absolute atomic E-state index is 0.198. The third kappa shape index (κ3) is 6.22. The molecular weight excluding hydrogens is 360 g/mol. The van der Waals surface area contributed by atoms with Gasteiger partial charge in [-0.3, -0.25) is 9.59 Å². The second-order valence-corrected chi connectivity index (χ2v) is 6.85. The van der Waals surface area contributed by atoms with Gasteiger partial charge in [0.05, 0.1) is 4.47 Å². The molecule has 0 bridgehead atoms. The second kappa shape index (κ2) is 8.91. The molecule has 0 saturated carbocycles. The summed E-state index contributed by atoms with van der Waals surface area (Å²) >= 11 is 3.42. The Balaban J connectivity index is 2.72. The van der Waals surface area contributed by atoms with Gasteiger partial charge in [0, 0.05) is 7.05 Å². The first-order valence-electron chi connectivity index (χ1n) is 7.69. The molecule has 1 rings (SSSR count). The lowest BCUT2D eigenvalue weighted by atomic mass is 10.0. The summed E-state index contributed by atoms with van der Waals surface area (Å²) in [6.45, 7) is 7.65. The molecule has 1 aromatic carbocycles. The van der Waals surface area contributed by atoms with Crippen LogP contribution in [0.5, 0.6) is 5.75 Å². The summed E-state index contributed by atoms with van der Waals surface area (Å²) in [6, 6.07) is 5.09. The zero-order valence-corrected chi connectivity index (χ0v) is 15.9. The number of ether oxygens (including phenoxy) is 1. The van der Waals surface area contributed by atoms with Crippen molar-refractivity contribution in [3.8, 4) is 5.75 Å². The molecule has 6 heteroatoms. The molecule has 0 aliphatic heterocycles. The van der Waals surface area contributed by atoms with Crippen molar-refractivity contribution in [2.45, 2.75) is 46.3 Å². The van der Waals surface area contributed by atoms with E-state index in [1.807, 2.05) is 39.0 Å². The summed E-state index contributed by atoms with van der Waals surface area (Å²) in [5.41, 5.74) is 1.10. The van der Waals surface area contributed by atoms with Crippen LogP contribution in [0.2, 0.25) is 0 Å². The molecular formula is C17H25BrN2O3. The van der Waals surface area contributed by atoms with Crippen molar-refractivity contribution in [3.05, 3.63) is 28.2 Å². The van der Waals surface area contributed by atoms with E-state index in [1.165, 1.54) is 0 Å². The van der Waals surface area contributed by atoms with Crippen molar-refractivity contribution in [1.82, 2.24) is 10.6 Å². The van der Waals surface area contributed by atoms with Crippen molar-refractivity contribution in [1.29, 1.82) is 0 Å². The zero-order valence-electron chi connectivity index (χ0n) is 14.3. The number of hydrogen-bond donors (Lipinski definition) is 2. The predicted octanol–water partition coefficient (Wildman–Crippen LogP) is 2.80. The zero-order chi connectivity index (χ0) is 17.6. The van der Waals surface area contributed by atoms with Crippen LogP contribution < -0.4 is 15.4 Å². The van der Waals surface area contributed by atoms with E-state index in [1.54, 1.807) is 14.0 Å². The number of nitrogens with one attached hydrogen (secondary N) is 2. The van der Waals surface area contributed by atoms with E-state index >= 15 is 0 Å². The molecule has 23 heavy (non-hydrogen) atoms. The Morgan fingerprint density at radius 3 is 2.39 bits per heavy atom. The number of likely N-dealkylation sites (N-methyl/N-ethyl adjacent to an activating group) is 1. The smallest absolute Gasteiger partial charge is 0.261 e. The first kappa shape index (κ1) is 19.5. The normalized spacial score (nSPS) is 13.3. The summed E-state index contributed by atoms with van der Waals surface area (Å²) in [6.07, 6.45) is -0.125. The standard InChI is InChI=1S/C17H25BrN2O3/c1-10(2)8-14(17(22)19-5)20-16(21)12(4)23-15-7-6-11(3)9-13(15)18/h6-7,9-10,12,14H,8H2,1-5H3,(H,19,22)(H,20,21). The molecule has 2 amide bonds. The van der Waals surface area contributed by atoms with Gasteiger partial charge in [-0.2, -0.15) is 0 Å². The molecule has 1 aromatic rings. The first-order valence-corrected chi connectivity index (χ1v) is 8.48. The molecule has 0 spiro atoms. The number of benzene rings is 1. The molecule has 0 heterocycles. The van der Waals surface area contributed by atoms with Gasteiger partial charge in [-0.25, -0.2) is 0 Å². The maximum Gasteiger partial charge on any atom is 0.261 e. The Hall–Kier alpha value is -1.56. The first-order chi connectivity index (χ1) is 10.7. The van der Waals surface area contributed by atoms with Gasteiger partial charge in [0.15, 0.2) is 6.10 Å². The van der Waals surface area contributed by atoms with Gasteiger partial charge >= 0.3 is 0 Å². The number of carbonyl (C=O) groups excluding carboxylic acids is 2. The molecule has 2 unspecified atom stereocenters. The summed E-state index contributed by atoms with van der Waals surface area (Å²) < 4.78 is 6.48. The van der Waals surface area contributed by atoms with Crippen molar-refractivity contribution >= 4 is 27.7 Å². The third-order valence-electron chi connectivity index (χ3n) is 3.35. The molecule has 0 radical (unpaired) electrons. The van der Waals surface area contributed by atoms with Crippen LogP contribution in [0.4, 0.5) is 0 Å². The van der Waals surface area contributed by atoms with E-state index in [-0.39, 0.29) is 11.8 Å². The van der Waals surface area contributed by atoms with Crippen LogP contribution >= 0.6 is 15.9 Å². The van der Waals surface area contributed by atoms with Gasteiger partial charge in [0.1, 0.15) is 11.8 Å². The van der Waals surface area contributed by atoms with Crippen molar-refractivity contribution < 1.29 is 14.3 Å². The lowest BCUT2D eigenvalue weighted by Gasteiger charge is -2.22. The lowest BCUT2D eigenvalue weighted by Crippen LogP contribution is -2.50. The van der Waals surface area contributed by atoms with E-state index in [9.17, 15) is 9.59 Å². The third-order valence-corrected chi connectivity index (χ3v) is 3.97. The van der Waals surface area contributed by atoms with E-state index in [0.29, 0.717) is 18.1 Å². The average Bonchev–Trinajstić information content (AvgIpc) is 2.47. The predicted molar refractivity (Wildman–Crippen MR) is 94.4 cm³/mol. The number of rotatable bonds is 7. The quantitative estimate of drug-likeness (QED) is 0.759. The molecule has 0 saturated heterocycles. The molecule has 0 aliphatic rings. The Morgan fingerprint density at radius 2 is 1.87 bits per heavy atom. The van der Waals surface area contributed by atoms with Gasteiger partial charge in [0.25, 0.3) is 5.91 Å². The minimum Gasteiger partial charge on any atom is -0.480 e. The molecule has 0 aromatic heterocycles. The van der Waals surface area contributed by atoms with Crippen molar-refractivity contribution in [2.24, 2.45) is 5.92 Å².